The molecule has 1 heterocycles. The molecule has 4 amide bonds. The second-order valence-electron chi connectivity index (χ2n) is 4.99. The van der Waals surface area contributed by atoms with Crippen molar-refractivity contribution in [3.05, 3.63) is 69.2 Å². The van der Waals surface area contributed by atoms with E-state index in [1.807, 2.05) is 6.07 Å². The maximum atomic E-state index is 12.7. The lowest BCUT2D eigenvalue weighted by molar-refractivity contribution is -0.122. The lowest BCUT2D eigenvalue weighted by atomic mass is 10.1. The van der Waals surface area contributed by atoms with Crippen LogP contribution in [0.3, 0.4) is 0 Å². The van der Waals surface area contributed by atoms with Crippen molar-refractivity contribution in [1.82, 2.24) is 5.32 Å². The van der Waals surface area contributed by atoms with Crippen molar-refractivity contribution in [1.29, 1.82) is 0 Å². The number of imide groups is 2. The molecule has 24 heavy (non-hydrogen) atoms. The van der Waals surface area contributed by atoms with Crippen LogP contribution in [0.5, 0.6) is 0 Å². The quantitative estimate of drug-likeness (QED) is 0.611. The molecule has 0 aliphatic carbocycles. The third-order valence-electron chi connectivity index (χ3n) is 3.33. The van der Waals surface area contributed by atoms with Crippen LogP contribution < -0.4 is 10.2 Å². The highest BCUT2D eigenvalue weighted by molar-refractivity contribution is 9.10. The van der Waals surface area contributed by atoms with Gasteiger partial charge < -0.3 is 0 Å². The van der Waals surface area contributed by atoms with Crippen molar-refractivity contribution in [2.45, 2.75) is 0 Å². The van der Waals surface area contributed by atoms with E-state index in [2.05, 4.69) is 21.2 Å². The van der Waals surface area contributed by atoms with Gasteiger partial charge in [-0.3, -0.25) is 14.9 Å². The van der Waals surface area contributed by atoms with Gasteiger partial charge in [-0.25, -0.2) is 9.69 Å². The molecular weight excluding hydrogens is 396 g/mol. The Hall–Kier alpha value is -2.44. The zero-order valence-electron chi connectivity index (χ0n) is 12.1. The van der Waals surface area contributed by atoms with E-state index >= 15 is 0 Å². The molecular formula is C17H10BrClN2O3. The average molecular weight is 406 g/mol. The molecule has 120 valence electrons. The van der Waals surface area contributed by atoms with E-state index in [4.69, 9.17) is 11.6 Å². The number of rotatable bonds is 2. The van der Waals surface area contributed by atoms with E-state index in [1.54, 1.807) is 36.4 Å². The average Bonchev–Trinajstić information content (AvgIpc) is 2.51. The van der Waals surface area contributed by atoms with Gasteiger partial charge in [0.25, 0.3) is 11.8 Å². The van der Waals surface area contributed by atoms with Crippen molar-refractivity contribution in [3.63, 3.8) is 0 Å². The van der Waals surface area contributed by atoms with E-state index in [9.17, 15) is 14.4 Å². The maximum absolute atomic E-state index is 12.7. The number of carbonyl (C=O) groups excluding carboxylic acids is 3. The SMILES string of the molecule is O=C1NC(=O)N(c2cccc(Cl)c2)C(=O)/C1=C/c1cccc(Br)c1. The van der Waals surface area contributed by atoms with Gasteiger partial charge in [0.05, 0.1) is 5.69 Å². The summed E-state index contributed by atoms with van der Waals surface area (Å²) in [5.74, 6) is -1.44. The number of urea groups is 1. The topological polar surface area (TPSA) is 66.5 Å². The smallest absolute Gasteiger partial charge is 0.273 e. The van der Waals surface area contributed by atoms with Crippen LogP contribution in [-0.2, 0) is 9.59 Å². The normalized spacial score (nSPS) is 16.5. The Labute approximate surface area is 151 Å². The highest BCUT2D eigenvalue weighted by Crippen LogP contribution is 2.24. The summed E-state index contributed by atoms with van der Waals surface area (Å²) in [5.41, 5.74) is 0.814. The van der Waals surface area contributed by atoms with Crippen molar-refractivity contribution < 1.29 is 14.4 Å². The number of carbonyl (C=O) groups is 3. The predicted octanol–water partition coefficient (Wildman–Crippen LogP) is 3.77. The highest BCUT2D eigenvalue weighted by atomic mass is 79.9. The minimum Gasteiger partial charge on any atom is -0.273 e. The number of halogens is 2. The van der Waals surface area contributed by atoms with Crippen LogP contribution in [0.2, 0.25) is 5.02 Å². The minimum atomic E-state index is -0.807. The Morgan fingerprint density at radius 2 is 1.79 bits per heavy atom. The summed E-state index contributed by atoms with van der Waals surface area (Å²) in [5, 5.41) is 2.54. The third-order valence-corrected chi connectivity index (χ3v) is 4.06. The van der Waals surface area contributed by atoms with Gasteiger partial charge in [0.1, 0.15) is 5.57 Å². The second-order valence-corrected chi connectivity index (χ2v) is 6.34. The first-order valence-corrected chi connectivity index (χ1v) is 8.05. The van der Waals surface area contributed by atoms with Gasteiger partial charge >= 0.3 is 6.03 Å². The number of nitrogens with one attached hydrogen (secondary N) is 1. The largest absolute Gasteiger partial charge is 0.335 e. The van der Waals surface area contributed by atoms with Crippen LogP contribution in [0.4, 0.5) is 10.5 Å². The Morgan fingerprint density at radius 3 is 2.50 bits per heavy atom. The van der Waals surface area contributed by atoms with Crippen LogP contribution in [0.1, 0.15) is 5.56 Å². The first-order chi connectivity index (χ1) is 11.5. The molecule has 2 aromatic rings. The molecule has 1 N–H and O–H groups in total. The Morgan fingerprint density at radius 1 is 1.04 bits per heavy atom. The van der Waals surface area contributed by atoms with Crippen molar-refractivity contribution in [2.24, 2.45) is 0 Å². The number of amides is 4. The number of hydrogen-bond donors (Lipinski definition) is 1. The first-order valence-electron chi connectivity index (χ1n) is 6.88. The van der Waals surface area contributed by atoms with Crippen LogP contribution in [0.15, 0.2) is 58.6 Å². The number of benzene rings is 2. The summed E-state index contributed by atoms with van der Waals surface area (Å²) < 4.78 is 0.809. The van der Waals surface area contributed by atoms with Gasteiger partial charge in [0.2, 0.25) is 0 Å². The van der Waals surface area contributed by atoms with E-state index in [0.717, 1.165) is 9.37 Å². The van der Waals surface area contributed by atoms with Crippen LogP contribution in [0, 0.1) is 0 Å². The van der Waals surface area contributed by atoms with Crippen molar-refractivity contribution >= 4 is 57.1 Å². The fourth-order valence-electron chi connectivity index (χ4n) is 2.27. The van der Waals surface area contributed by atoms with Gasteiger partial charge in [-0.15, -0.1) is 0 Å². The number of anilines is 1. The lowest BCUT2D eigenvalue weighted by Gasteiger charge is -2.26. The molecule has 1 fully saturated rings. The number of nitrogens with zero attached hydrogens (tertiary/aromatic N) is 1. The van der Waals surface area contributed by atoms with Crippen LogP contribution in [-0.4, -0.2) is 17.8 Å². The minimum absolute atomic E-state index is 0.132. The molecule has 0 spiro atoms. The molecule has 1 aliphatic rings. The standard InChI is InChI=1S/C17H10BrClN2O3/c18-11-4-1-3-10(7-11)8-14-15(22)20-17(24)21(16(14)23)13-6-2-5-12(19)9-13/h1-9H,(H,20,22,24)/b14-8+. The molecule has 1 saturated heterocycles. The Kier molecular flexibility index (Phi) is 4.51. The monoisotopic (exact) mass is 404 g/mol. The zero-order valence-corrected chi connectivity index (χ0v) is 14.5. The summed E-state index contributed by atoms with van der Waals surface area (Å²) in [7, 11) is 0. The molecule has 7 heteroatoms. The van der Waals surface area contributed by atoms with Gasteiger partial charge in [0, 0.05) is 9.50 Å². The molecule has 0 bridgehead atoms. The van der Waals surface area contributed by atoms with E-state index in [-0.39, 0.29) is 11.3 Å². The van der Waals surface area contributed by atoms with E-state index < -0.39 is 17.8 Å². The van der Waals surface area contributed by atoms with Gasteiger partial charge in [-0.1, -0.05) is 45.7 Å². The van der Waals surface area contributed by atoms with Crippen LogP contribution in [0.25, 0.3) is 6.08 Å². The van der Waals surface area contributed by atoms with Gasteiger partial charge in [0.15, 0.2) is 0 Å². The molecule has 0 saturated carbocycles. The molecule has 0 radical (unpaired) electrons. The predicted molar refractivity (Wildman–Crippen MR) is 94.6 cm³/mol. The molecule has 0 aromatic heterocycles. The Bertz CT molecular complexity index is 895. The fourth-order valence-corrected chi connectivity index (χ4v) is 2.87. The fraction of sp³-hybridized carbons (Fsp3) is 0. The van der Waals surface area contributed by atoms with Gasteiger partial charge in [-0.2, -0.15) is 0 Å². The van der Waals surface area contributed by atoms with E-state index in [0.29, 0.717) is 10.6 Å². The number of hydrogen-bond acceptors (Lipinski definition) is 3. The third kappa shape index (κ3) is 3.25. The molecule has 1 aliphatic heterocycles. The van der Waals surface area contributed by atoms with E-state index in [1.165, 1.54) is 12.1 Å². The summed E-state index contributed by atoms with van der Waals surface area (Å²) in [6.07, 6.45) is 1.44. The summed E-state index contributed by atoms with van der Waals surface area (Å²) in [6.45, 7) is 0. The zero-order chi connectivity index (χ0) is 17.3. The first kappa shape index (κ1) is 16.4. The van der Waals surface area contributed by atoms with Crippen molar-refractivity contribution in [3.8, 4) is 0 Å². The molecule has 2 aromatic carbocycles. The second kappa shape index (κ2) is 6.59. The molecule has 5 nitrogen and oxygen atoms in total. The summed E-state index contributed by atoms with van der Waals surface area (Å²) >= 11 is 9.24. The maximum Gasteiger partial charge on any atom is 0.335 e. The molecule has 0 unspecified atom stereocenters. The molecule has 0 atom stereocenters. The van der Waals surface area contributed by atoms with Crippen molar-refractivity contribution in [2.75, 3.05) is 4.90 Å². The summed E-state index contributed by atoms with van der Waals surface area (Å²) in [4.78, 5) is 37.7. The summed E-state index contributed by atoms with van der Waals surface area (Å²) in [6, 6.07) is 12.6. The van der Waals surface area contributed by atoms with Crippen LogP contribution >= 0.6 is 27.5 Å². The lowest BCUT2D eigenvalue weighted by Crippen LogP contribution is -2.54. The highest BCUT2D eigenvalue weighted by Gasteiger charge is 2.36. The van der Waals surface area contributed by atoms with Gasteiger partial charge in [-0.05, 0) is 42.0 Å². The number of barbiturate groups is 1. The Balaban J connectivity index is 2.03. The molecule has 3 rings (SSSR count).